The number of hydrogen-bond donors (Lipinski definition) is 1. The number of fused-ring (bicyclic) bond motifs is 3. The average molecular weight is 951 g/mol. The molecular formula is C49H60IrNO2S2-. The molecule has 0 atom stereocenters. The van der Waals surface area contributed by atoms with Crippen molar-refractivity contribution in [3.05, 3.63) is 99.9 Å². The van der Waals surface area contributed by atoms with Crippen LogP contribution in [0.5, 0.6) is 0 Å². The largest absolute Gasteiger partial charge is 0.512 e. The number of ketones is 1. The maximum atomic E-state index is 12.2. The van der Waals surface area contributed by atoms with Crippen LogP contribution in [0, 0.1) is 29.7 Å². The molecule has 6 heteroatoms. The SMILES string of the molecule is CCC(C)(CC)C(=O)/C=C(\O)C(C)(CC)CC.Cc1sc2cc(-c3cc(-c4[c-]c5ccccc5c(C(C)(C)C)c4)nc4sccc34)ccc2c1CC(C)C.[Ir]. The van der Waals surface area contributed by atoms with Crippen molar-refractivity contribution in [2.45, 2.75) is 121 Å². The van der Waals surface area contributed by atoms with Crippen LogP contribution in [0.3, 0.4) is 0 Å². The zero-order chi connectivity index (χ0) is 39.6. The number of aryl methyl sites for hydroxylation is 1. The van der Waals surface area contributed by atoms with Gasteiger partial charge in [-0.3, -0.25) is 9.78 Å². The molecule has 6 aromatic rings. The van der Waals surface area contributed by atoms with E-state index in [0.29, 0.717) is 5.92 Å². The van der Waals surface area contributed by atoms with Gasteiger partial charge in [-0.15, -0.1) is 51.8 Å². The summed E-state index contributed by atoms with van der Waals surface area (Å²) in [7, 11) is 0. The van der Waals surface area contributed by atoms with Gasteiger partial charge in [-0.2, -0.15) is 0 Å². The minimum absolute atomic E-state index is 0. The van der Waals surface area contributed by atoms with Crippen LogP contribution in [0.4, 0.5) is 0 Å². The molecule has 0 saturated heterocycles. The van der Waals surface area contributed by atoms with E-state index in [1.165, 1.54) is 54.1 Å². The third-order valence-corrected chi connectivity index (χ3v) is 13.7. The van der Waals surface area contributed by atoms with E-state index in [-0.39, 0.29) is 47.9 Å². The molecule has 0 aliphatic rings. The van der Waals surface area contributed by atoms with Gasteiger partial charge < -0.3 is 5.11 Å². The van der Waals surface area contributed by atoms with Crippen molar-refractivity contribution in [2.24, 2.45) is 16.7 Å². The molecule has 0 aliphatic carbocycles. The maximum absolute atomic E-state index is 12.2. The van der Waals surface area contributed by atoms with E-state index in [9.17, 15) is 9.90 Å². The molecule has 0 unspecified atom stereocenters. The summed E-state index contributed by atoms with van der Waals surface area (Å²) in [6, 6.07) is 26.1. The molecule has 3 heterocycles. The Labute approximate surface area is 352 Å². The quantitative estimate of drug-likeness (QED) is 0.0800. The number of hydrogen-bond acceptors (Lipinski definition) is 5. The zero-order valence-electron chi connectivity index (χ0n) is 35.0. The number of carbonyl (C=O) groups excluding carboxylic acids is 1. The second-order valence-corrected chi connectivity index (χ2v) is 19.1. The number of aliphatic hydroxyl groups is 1. The standard InChI is InChI=1S/C34H32NS2.C15H28O2.Ir/c1-20(2)15-28-21(3)37-32-18-23(11-12-26(28)32)29-19-31(35-33-27(29)13-14-36-33)24-16-22-9-7-8-10-25(22)30(17-24)34(4,5)6;1-7-14(5,8-2)12(16)11-13(17)15(6,9-3)10-4;/h7-14,17-20H,15H2,1-6H3;11,16H,7-10H2,1-6H3;/q-1;;/b;12-11-;. The van der Waals surface area contributed by atoms with Crippen molar-refractivity contribution in [3.8, 4) is 22.4 Å². The van der Waals surface area contributed by atoms with Crippen LogP contribution >= 0.6 is 22.7 Å². The monoisotopic (exact) mass is 951 g/mol. The van der Waals surface area contributed by atoms with Crippen molar-refractivity contribution in [2.75, 3.05) is 0 Å². The minimum atomic E-state index is -0.337. The fourth-order valence-corrected chi connectivity index (χ4v) is 9.02. The predicted octanol–water partition coefficient (Wildman–Crippen LogP) is 15.3. The first kappa shape index (κ1) is 44.6. The van der Waals surface area contributed by atoms with E-state index in [1.807, 2.05) is 52.9 Å². The number of benzene rings is 3. The van der Waals surface area contributed by atoms with Crippen LogP contribution in [0.15, 0.2) is 77.9 Å². The first-order valence-electron chi connectivity index (χ1n) is 19.8. The van der Waals surface area contributed by atoms with Gasteiger partial charge in [-0.05, 0) is 90.0 Å². The van der Waals surface area contributed by atoms with E-state index in [1.54, 1.807) is 11.3 Å². The summed E-state index contributed by atoms with van der Waals surface area (Å²) in [6.45, 7) is 25.8. The summed E-state index contributed by atoms with van der Waals surface area (Å²) in [4.78, 5) is 19.8. The molecule has 0 aliphatic heterocycles. The summed E-state index contributed by atoms with van der Waals surface area (Å²) < 4.78 is 1.37. The van der Waals surface area contributed by atoms with Gasteiger partial charge in [0.25, 0.3) is 0 Å². The maximum Gasteiger partial charge on any atom is 0.164 e. The summed E-state index contributed by atoms with van der Waals surface area (Å²) in [5, 5.41) is 17.3. The molecule has 0 amide bonds. The molecule has 0 fully saturated rings. The zero-order valence-corrected chi connectivity index (χ0v) is 39.0. The Bertz CT molecular complexity index is 2290. The number of thiophene rings is 2. The van der Waals surface area contributed by atoms with Crippen molar-refractivity contribution in [1.82, 2.24) is 4.98 Å². The van der Waals surface area contributed by atoms with Gasteiger partial charge in [-0.1, -0.05) is 124 Å². The molecule has 0 bridgehead atoms. The third kappa shape index (κ3) is 9.53. The van der Waals surface area contributed by atoms with E-state index in [0.717, 1.165) is 53.6 Å². The second kappa shape index (κ2) is 18.0. The van der Waals surface area contributed by atoms with Crippen molar-refractivity contribution >= 4 is 59.5 Å². The molecule has 55 heavy (non-hydrogen) atoms. The number of pyridine rings is 1. The number of rotatable bonds is 11. The average Bonchev–Trinajstić information content (AvgIpc) is 3.76. The van der Waals surface area contributed by atoms with Crippen LogP contribution in [0.1, 0.15) is 118 Å². The predicted molar refractivity (Wildman–Crippen MR) is 237 cm³/mol. The van der Waals surface area contributed by atoms with Crippen molar-refractivity contribution in [1.29, 1.82) is 0 Å². The molecule has 1 radical (unpaired) electrons. The number of nitrogens with zero attached hydrogens (tertiary/aromatic N) is 1. The number of aromatic nitrogens is 1. The summed E-state index contributed by atoms with van der Waals surface area (Å²) in [6.07, 6.45) is 5.89. The van der Waals surface area contributed by atoms with Gasteiger partial charge in [0.15, 0.2) is 5.78 Å². The van der Waals surface area contributed by atoms with E-state index in [4.69, 9.17) is 4.98 Å². The Morgan fingerprint density at radius 1 is 0.855 bits per heavy atom. The van der Waals surface area contributed by atoms with Gasteiger partial charge in [0.05, 0.1) is 0 Å². The smallest absolute Gasteiger partial charge is 0.164 e. The molecule has 3 nitrogen and oxygen atoms in total. The Balaban J connectivity index is 0.000000320. The van der Waals surface area contributed by atoms with Crippen molar-refractivity contribution in [3.63, 3.8) is 0 Å². The molecule has 3 aromatic heterocycles. The Morgan fingerprint density at radius 2 is 1.51 bits per heavy atom. The Morgan fingerprint density at radius 3 is 2.13 bits per heavy atom. The molecule has 295 valence electrons. The van der Waals surface area contributed by atoms with Gasteiger partial charge in [0.1, 0.15) is 10.6 Å². The molecule has 1 N–H and O–H groups in total. The van der Waals surface area contributed by atoms with Crippen LogP contribution in [0.2, 0.25) is 0 Å². The topological polar surface area (TPSA) is 50.2 Å². The van der Waals surface area contributed by atoms with Gasteiger partial charge in [0, 0.05) is 57.7 Å². The van der Waals surface area contributed by atoms with E-state index >= 15 is 0 Å². The van der Waals surface area contributed by atoms with Crippen molar-refractivity contribution < 1.29 is 30.0 Å². The molecule has 3 aromatic carbocycles. The number of allylic oxidation sites excluding steroid dienone is 2. The minimum Gasteiger partial charge on any atom is -0.512 e. The fourth-order valence-electron chi connectivity index (χ4n) is 7.10. The normalized spacial score (nSPS) is 12.6. The third-order valence-electron chi connectivity index (χ3n) is 11.8. The van der Waals surface area contributed by atoms with E-state index in [2.05, 4.69) is 114 Å². The van der Waals surface area contributed by atoms with Gasteiger partial charge in [-0.25, -0.2) is 0 Å². The van der Waals surface area contributed by atoms with Crippen LogP contribution in [0.25, 0.3) is 53.5 Å². The Kier molecular flexibility index (Phi) is 14.6. The molecule has 0 spiro atoms. The second-order valence-electron chi connectivity index (χ2n) is 17.0. The van der Waals surface area contributed by atoms with Crippen LogP contribution < -0.4 is 0 Å². The van der Waals surface area contributed by atoms with Gasteiger partial charge in [0.2, 0.25) is 0 Å². The molecular weight excluding hydrogens is 891 g/mol. The molecule has 0 saturated carbocycles. The summed E-state index contributed by atoms with van der Waals surface area (Å²) in [5.74, 6) is 0.939. The number of aliphatic hydroxyl groups excluding tert-OH is 1. The van der Waals surface area contributed by atoms with E-state index < -0.39 is 0 Å². The summed E-state index contributed by atoms with van der Waals surface area (Å²) in [5.41, 5.74) is 6.82. The van der Waals surface area contributed by atoms with Gasteiger partial charge >= 0.3 is 0 Å². The van der Waals surface area contributed by atoms with Crippen LogP contribution in [-0.2, 0) is 36.7 Å². The first-order chi connectivity index (χ1) is 25.5. The summed E-state index contributed by atoms with van der Waals surface area (Å²) >= 11 is 3.64. The Hall–Kier alpha value is -3.15. The fraction of sp³-hybridized carbons (Fsp3) is 0.429. The van der Waals surface area contributed by atoms with Crippen LogP contribution in [-0.4, -0.2) is 15.9 Å². The molecule has 6 rings (SSSR count). The number of carbonyl (C=O) groups is 1. The first-order valence-corrected chi connectivity index (χ1v) is 21.5.